The first kappa shape index (κ1) is 7.09. The van der Waals surface area contributed by atoms with E-state index in [9.17, 15) is 9.59 Å². The molecule has 0 fully saturated rings. The molecule has 1 aromatic heterocycles. The number of pyridine rings is 1. The number of aromatic nitrogens is 1. The first-order chi connectivity index (χ1) is 5.79. The van der Waals surface area contributed by atoms with E-state index in [1.54, 1.807) is 12.1 Å². The third-order valence-corrected chi connectivity index (χ3v) is 1.81. The van der Waals surface area contributed by atoms with Gasteiger partial charge >= 0.3 is 5.97 Å². The van der Waals surface area contributed by atoms with Crippen molar-refractivity contribution >= 4 is 5.97 Å². The highest BCUT2D eigenvalue weighted by Crippen LogP contribution is 2.04. The van der Waals surface area contributed by atoms with Crippen molar-refractivity contribution in [2.45, 2.75) is 6.54 Å². The maximum Gasteiger partial charge on any atom is 0.355 e. The lowest BCUT2D eigenvalue weighted by atomic mass is 10.3. The molecule has 1 aromatic rings. The van der Waals surface area contributed by atoms with Crippen LogP contribution in [0.4, 0.5) is 0 Å². The predicted octanol–water partition coefficient (Wildman–Crippen LogP) is 0.0187. The summed E-state index contributed by atoms with van der Waals surface area (Å²) in [4.78, 5) is 22.2. The summed E-state index contributed by atoms with van der Waals surface area (Å²) in [6.07, 6.45) is 0. The van der Waals surface area contributed by atoms with Crippen LogP contribution in [0.5, 0.6) is 0 Å². The van der Waals surface area contributed by atoms with Gasteiger partial charge in [-0.25, -0.2) is 4.79 Å². The fourth-order valence-electron chi connectivity index (χ4n) is 1.23. The van der Waals surface area contributed by atoms with E-state index in [1.807, 2.05) is 0 Å². The van der Waals surface area contributed by atoms with Gasteiger partial charge in [0.1, 0.15) is 12.3 Å². The van der Waals surface area contributed by atoms with Crippen molar-refractivity contribution in [2.75, 3.05) is 6.61 Å². The number of ether oxygens (including phenoxy) is 1. The molecule has 2 rings (SSSR count). The molecule has 0 N–H and O–H groups in total. The van der Waals surface area contributed by atoms with Gasteiger partial charge < -0.3 is 4.74 Å². The Balaban J connectivity index is 2.67. The number of fused-ring (bicyclic) bond motifs is 1. The summed E-state index contributed by atoms with van der Waals surface area (Å²) in [7, 11) is 0. The third kappa shape index (κ3) is 0.922. The van der Waals surface area contributed by atoms with E-state index in [2.05, 4.69) is 0 Å². The Morgan fingerprint density at radius 1 is 1.33 bits per heavy atom. The second kappa shape index (κ2) is 2.48. The minimum absolute atomic E-state index is 0.149. The van der Waals surface area contributed by atoms with E-state index in [0.717, 1.165) is 0 Å². The standard InChI is InChI=1S/C8H7NO3/c10-7-3-1-2-6-8(11)12-5-4-9(6)7/h1-3H,4-5H2. The SMILES string of the molecule is O=C1OCCn2c1cccc2=O. The number of esters is 1. The molecule has 4 heteroatoms. The molecule has 0 saturated heterocycles. The molecule has 0 unspecified atom stereocenters. The zero-order valence-corrected chi connectivity index (χ0v) is 6.32. The Labute approximate surface area is 68.4 Å². The Morgan fingerprint density at radius 3 is 2.92 bits per heavy atom. The Morgan fingerprint density at radius 2 is 2.17 bits per heavy atom. The summed E-state index contributed by atoms with van der Waals surface area (Å²) in [6, 6.07) is 4.58. The van der Waals surface area contributed by atoms with Crippen LogP contribution in [0.25, 0.3) is 0 Å². The zero-order valence-electron chi connectivity index (χ0n) is 6.32. The second-order valence-corrected chi connectivity index (χ2v) is 2.54. The lowest BCUT2D eigenvalue weighted by Crippen LogP contribution is -2.32. The Kier molecular flexibility index (Phi) is 1.46. The molecular formula is C8H7NO3. The van der Waals surface area contributed by atoms with Crippen LogP contribution in [0.15, 0.2) is 23.0 Å². The van der Waals surface area contributed by atoms with Crippen LogP contribution in [-0.4, -0.2) is 17.1 Å². The predicted molar refractivity (Wildman–Crippen MR) is 41.0 cm³/mol. The van der Waals surface area contributed by atoms with E-state index in [0.29, 0.717) is 12.2 Å². The quantitative estimate of drug-likeness (QED) is 0.509. The van der Waals surface area contributed by atoms with Crippen LogP contribution in [0.3, 0.4) is 0 Å². The van der Waals surface area contributed by atoms with Crippen LogP contribution in [0.1, 0.15) is 10.5 Å². The summed E-state index contributed by atoms with van der Waals surface area (Å²) in [5, 5.41) is 0. The summed E-state index contributed by atoms with van der Waals surface area (Å²) in [6.45, 7) is 0.747. The molecule has 0 bridgehead atoms. The molecule has 0 radical (unpaired) electrons. The van der Waals surface area contributed by atoms with E-state index in [1.165, 1.54) is 10.6 Å². The number of carbonyl (C=O) groups is 1. The molecule has 1 aliphatic heterocycles. The molecule has 12 heavy (non-hydrogen) atoms. The molecule has 0 amide bonds. The summed E-state index contributed by atoms with van der Waals surface area (Å²) in [5.74, 6) is -0.418. The lowest BCUT2D eigenvalue weighted by Gasteiger charge is -2.16. The topological polar surface area (TPSA) is 48.3 Å². The summed E-state index contributed by atoms with van der Waals surface area (Å²) < 4.78 is 6.18. The fourth-order valence-corrected chi connectivity index (χ4v) is 1.23. The zero-order chi connectivity index (χ0) is 8.55. The first-order valence-corrected chi connectivity index (χ1v) is 3.66. The number of hydrogen-bond acceptors (Lipinski definition) is 3. The largest absolute Gasteiger partial charge is 0.459 e. The average Bonchev–Trinajstić information content (AvgIpc) is 2.07. The highest BCUT2D eigenvalue weighted by atomic mass is 16.5. The summed E-state index contributed by atoms with van der Waals surface area (Å²) >= 11 is 0. The van der Waals surface area contributed by atoms with Gasteiger partial charge in [-0.1, -0.05) is 6.07 Å². The molecule has 0 saturated carbocycles. The first-order valence-electron chi connectivity index (χ1n) is 3.66. The van der Waals surface area contributed by atoms with Gasteiger partial charge in [0.25, 0.3) is 5.56 Å². The van der Waals surface area contributed by atoms with E-state index in [-0.39, 0.29) is 12.2 Å². The average molecular weight is 165 g/mol. The van der Waals surface area contributed by atoms with Crippen LogP contribution in [-0.2, 0) is 11.3 Å². The number of hydrogen-bond donors (Lipinski definition) is 0. The van der Waals surface area contributed by atoms with Crippen molar-refractivity contribution in [3.63, 3.8) is 0 Å². The van der Waals surface area contributed by atoms with Crippen molar-refractivity contribution in [1.82, 2.24) is 4.57 Å². The highest BCUT2D eigenvalue weighted by molar-refractivity contribution is 5.87. The smallest absolute Gasteiger partial charge is 0.355 e. The molecule has 4 nitrogen and oxygen atoms in total. The lowest BCUT2D eigenvalue weighted by molar-refractivity contribution is 0.0416. The highest BCUT2D eigenvalue weighted by Gasteiger charge is 2.17. The molecule has 1 aliphatic rings. The van der Waals surface area contributed by atoms with Gasteiger partial charge in [0, 0.05) is 6.07 Å². The number of rotatable bonds is 0. The monoisotopic (exact) mass is 165 g/mol. The fraction of sp³-hybridized carbons (Fsp3) is 0.250. The molecule has 0 aromatic carbocycles. The molecule has 2 heterocycles. The maximum atomic E-state index is 11.2. The van der Waals surface area contributed by atoms with Crippen molar-refractivity contribution in [2.24, 2.45) is 0 Å². The van der Waals surface area contributed by atoms with Gasteiger partial charge in [0.2, 0.25) is 0 Å². The van der Waals surface area contributed by atoms with Crippen molar-refractivity contribution in [3.8, 4) is 0 Å². The number of nitrogens with zero attached hydrogens (tertiary/aromatic N) is 1. The Hall–Kier alpha value is -1.58. The molecule has 0 spiro atoms. The van der Waals surface area contributed by atoms with Gasteiger partial charge in [-0.05, 0) is 6.07 Å². The number of carbonyl (C=O) groups excluding carboxylic acids is 1. The van der Waals surface area contributed by atoms with E-state index >= 15 is 0 Å². The van der Waals surface area contributed by atoms with Gasteiger partial charge in [-0.15, -0.1) is 0 Å². The molecule has 0 aliphatic carbocycles. The Bertz CT molecular complexity index is 380. The van der Waals surface area contributed by atoms with Crippen LogP contribution in [0.2, 0.25) is 0 Å². The third-order valence-electron chi connectivity index (χ3n) is 1.81. The second-order valence-electron chi connectivity index (χ2n) is 2.54. The van der Waals surface area contributed by atoms with Crippen LogP contribution in [0, 0.1) is 0 Å². The van der Waals surface area contributed by atoms with Gasteiger partial charge in [0.05, 0.1) is 6.54 Å². The van der Waals surface area contributed by atoms with Crippen LogP contribution >= 0.6 is 0 Å². The van der Waals surface area contributed by atoms with E-state index < -0.39 is 5.97 Å². The minimum Gasteiger partial charge on any atom is -0.459 e. The van der Waals surface area contributed by atoms with Crippen molar-refractivity contribution in [1.29, 1.82) is 0 Å². The summed E-state index contributed by atoms with van der Waals surface area (Å²) in [5.41, 5.74) is 0.193. The van der Waals surface area contributed by atoms with Gasteiger partial charge in [-0.3, -0.25) is 9.36 Å². The maximum absolute atomic E-state index is 11.2. The van der Waals surface area contributed by atoms with E-state index in [4.69, 9.17) is 4.74 Å². The van der Waals surface area contributed by atoms with Gasteiger partial charge in [0.15, 0.2) is 0 Å². The molecular weight excluding hydrogens is 158 g/mol. The minimum atomic E-state index is -0.418. The number of cyclic esters (lactones) is 1. The van der Waals surface area contributed by atoms with Gasteiger partial charge in [-0.2, -0.15) is 0 Å². The molecule has 0 atom stereocenters. The molecule has 62 valence electrons. The van der Waals surface area contributed by atoms with Crippen molar-refractivity contribution < 1.29 is 9.53 Å². The van der Waals surface area contributed by atoms with Crippen molar-refractivity contribution in [3.05, 3.63) is 34.2 Å². The van der Waals surface area contributed by atoms with Crippen LogP contribution < -0.4 is 5.56 Å². The normalized spacial score (nSPS) is 15.2.